The fraction of sp³-hybridized carbons (Fsp3) is 0.353. The molecule has 0 aliphatic heterocycles. The highest BCUT2D eigenvalue weighted by atomic mass is 16.6. The maximum Gasteiger partial charge on any atom is 0.412 e. The van der Waals surface area contributed by atoms with Gasteiger partial charge in [-0.05, 0) is 80.0 Å². The van der Waals surface area contributed by atoms with Gasteiger partial charge in [0.2, 0.25) is 5.75 Å². The Labute approximate surface area is 259 Å². The van der Waals surface area contributed by atoms with Crippen molar-refractivity contribution in [2.24, 2.45) is 0 Å². The van der Waals surface area contributed by atoms with Crippen molar-refractivity contribution < 1.29 is 38.4 Å². The van der Waals surface area contributed by atoms with Gasteiger partial charge in [0, 0.05) is 19.7 Å². The van der Waals surface area contributed by atoms with Gasteiger partial charge in [-0.3, -0.25) is 4.79 Å². The average Bonchev–Trinajstić information content (AvgIpc) is 3.02. The third kappa shape index (κ3) is 10.2. The van der Waals surface area contributed by atoms with Crippen molar-refractivity contribution in [1.82, 2.24) is 10.2 Å². The highest BCUT2D eigenvalue weighted by molar-refractivity contribution is 6.08. The van der Waals surface area contributed by atoms with Crippen LogP contribution < -0.4 is 29.0 Å². The van der Waals surface area contributed by atoms with Gasteiger partial charge >= 0.3 is 6.09 Å². The highest BCUT2D eigenvalue weighted by Gasteiger charge is 2.14. The number of nitrogens with zero attached hydrogens (tertiary/aromatic N) is 1. The van der Waals surface area contributed by atoms with Crippen LogP contribution in [0.2, 0.25) is 0 Å². The van der Waals surface area contributed by atoms with Crippen molar-refractivity contribution >= 4 is 18.0 Å². The van der Waals surface area contributed by atoms with E-state index in [-0.39, 0.29) is 17.1 Å². The van der Waals surface area contributed by atoms with Crippen molar-refractivity contribution in [2.75, 3.05) is 48.6 Å². The quantitative estimate of drug-likeness (QED) is 0.107. The van der Waals surface area contributed by atoms with Crippen molar-refractivity contribution in [3.63, 3.8) is 0 Å². The second kappa shape index (κ2) is 17.4. The minimum Gasteiger partial charge on any atom is -0.507 e. The number of amides is 1. The smallest absolute Gasteiger partial charge is 0.412 e. The van der Waals surface area contributed by atoms with Crippen LogP contribution in [0.25, 0.3) is 6.08 Å². The molecule has 0 fully saturated rings. The van der Waals surface area contributed by atoms with E-state index >= 15 is 0 Å². The summed E-state index contributed by atoms with van der Waals surface area (Å²) in [7, 11) is 8.17. The number of carbonyl (C=O) groups is 2. The van der Waals surface area contributed by atoms with Crippen molar-refractivity contribution in [1.29, 1.82) is 0 Å². The van der Waals surface area contributed by atoms with Crippen LogP contribution in [-0.4, -0.2) is 70.5 Å². The SMILES string of the molecule is CNC(=O)Oc1cccc(CN(C)CCCCCCOc2ccc(C(=O)/C=C/c3cc(OC)c(OC)c(OC)c3)c(O)c2)c1. The number of aromatic hydroxyl groups is 1. The summed E-state index contributed by atoms with van der Waals surface area (Å²) in [6, 6.07) is 15.7. The number of unbranched alkanes of at least 4 members (excludes halogenated alkanes) is 3. The molecule has 0 saturated heterocycles. The molecule has 3 rings (SSSR count). The van der Waals surface area contributed by atoms with E-state index < -0.39 is 6.09 Å². The van der Waals surface area contributed by atoms with Gasteiger partial charge in [0.1, 0.15) is 17.2 Å². The van der Waals surface area contributed by atoms with Crippen LogP contribution in [0.15, 0.2) is 60.7 Å². The Kier molecular flexibility index (Phi) is 13.4. The van der Waals surface area contributed by atoms with E-state index in [0.717, 1.165) is 44.3 Å². The fourth-order valence-corrected chi connectivity index (χ4v) is 4.55. The van der Waals surface area contributed by atoms with Crippen LogP contribution in [0.3, 0.4) is 0 Å². The molecule has 0 atom stereocenters. The molecule has 0 unspecified atom stereocenters. The number of hydrogen-bond acceptors (Lipinski definition) is 9. The van der Waals surface area contributed by atoms with E-state index in [1.165, 1.54) is 40.5 Å². The first-order valence-corrected chi connectivity index (χ1v) is 14.4. The molecule has 3 aromatic carbocycles. The normalized spacial score (nSPS) is 11.0. The molecular formula is C34H42N2O8. The van der Waals surface area contributed by atoms with Crippen molar-refractivity contribution in [3.8, 4) is 34.5 Å². The first kappa shape index (κ1) is 33.8. The second-order valence-electron chi connectivity index (χ2n) is 10.1. The van der Waals surface area contributed by atoms with E-state index in [2.05, 4.69) is 17.3 Å². The summed E-state index contributed by atoms with van der Waals surface area (Å²) in [5.74, 6) is 1.96. The van der Waals surface area contributed by atoms with E-state index in [1.807, 2.05) is 18.2 Å². The van der Waals surface area contributed by atoms with Crippen molar-refractivity contribution in [2.45, 2.75) is 32.2 Å². The lowest BCUT2D eigenvalue weighted by atomic mass is 10.1. The highest BCUT2D eigenvalue weighted by Crippen LogP contribution is 2.38. The summed E-state index contributed by atoms with van der Waals surface area (Å²) >= 11 is 0. The standard InChI is InChI=1S/C34H42N2O8/c1-35-34(39)44-27-12-10-11-25(19-27)23-36(2)17-8-6-7-9-18-43-26-14-15-28(30(38)22-26)29(37)16-13-24-20-31(40-3)33(42-5)32(21-24)41-4/h10-16,19-22,38H,6-9,17-18,23H2,1-5H3,(H,35,39)/b16-13+. The number of phenolic OH excluding ortho intramolecular Hbond substituents is 1. The molecule has 0 aromatic heterocycles. The largest absolute Gasteiger partial charge is 0.507 e. The number of phenols is 1. The van der Waals surface area contributed by atoms with Gasteiger partial charge in [-0.1, -0.05) is 31.1 Å². The Bertz CT molecular complexity index is 1400. The lowest BCUT2D eigenvalue weighted by Gasteiger charge is -2.17. The van der Waals surface area contributed by atoms with Gasteiger partial charge in [0.05, 0.1) is 33.5 Å². The zero-order valence-corrected chi connectivity index (χ0v) is 26.1. The Morgan fingerprint density at radius 1 is 0.886 bits per heavy atom. The molecule has 0 heterocycles. The third-order valence-corrected chi connectivity index (χ3v) is 6.82. The molecule has 0 radical (unpaired) electrons. The monoisotopic (exact) mass is 606 g/mol. The Hall–Kier alpha value is -4.70. The van der Waals surface area contributed by atoms with Gasteiger partial charge in [0.15, 0.2) is 17.3 Å². The van der Waals surface area contributed by atoms with Gasteiger partial charge in [-0.2, -0.15) is 0 Å². The predicted molar refractivity (Wildman–Crippen MR) is 169 cm³/mol. The summed E-state index contributed by atoms with van der Waals surface area (Å²) in [5, 5.41) is 12.9. The van der Waals surface area contributed by atoms with Crippen molar-refractivity contribution in [3.05, 3.63) is 77.4 Å². The first-order chi connectivity index (χ1) is 21.3. The van der Waals surface area contributed by atoms with Crippen LogP contribution >= 0.6 is 0 Å². The van der Waals surface area contributed by atoms with Gasteiger partial charge < -0.3 is 39.0 Å². The second-order valence-corrected chi connectivity index (χ2v) is 10.1. The topological polar surface area (TPSA) is 116 Å². The van der Waals surface area contributed by atoms with E-state index in [4.69, 9.17) is 23.7 Å². The Morgan fingerprint density at radius 2 is 1.61 bits per heavy atom. The molecule has 0 spiro atoms. The molecule has 44 heavy (non-hydrogen) atoms. The maximum absolute atomic E-state index is 12.8. The van der Waals surface area contributed by atoms with Gasteiger partial charge in [-0.25, -0.2) is 4.79 Å². The Morgan fingerprint density at radius 3 is 2.27 bits per heavy atom. The molecule has 10 nitrogen and oxygen atoms in total. The van der Waals surface area contributed by atoms with Crippen LogP contribution in [0.1, 0.15) is 47.2 Å². The van der Waals surface area contributed by atoms with Crippen LogP contribution in [0, 0.1) is 0 Å². The number of benzene rings is 3. The number of allylic oxidation sites excluding steroid dienone is 1. The molecular weight excluding hydrogens is 564 g/mol. The minimum atomic E-state index is -0.485. The van der Waals surface area contributed by atoms with E-state index in [0.29, 0.717) is 40.9 Å². The third-order valence-electron chi connectivity index (χ3n) is 6.82. The number of nitrogens with one attached hydrogen (secondary N) is 1. The summed E-state index contributed by atoms with van der Waals surface area (Å²) < 4.78 is 27.0. The van der Waals surface area contributed by atoms with E-state index in [1.54, 1.807) is 36.4 Å². The number of ketones is 1. The predicted octanol–water partition coefficient (Wildman–Crippen LogP) is 6.10. The average molecular weight is 607 g/mol. The molecule has 2 N–H and O–H groups in total. The minimum absolute atomic E-state index is 0.143. The fourth-order valence-electron chi connectivity index (χ4n) is 4.55. The summed E-state index contributed by atoms with van der Waals surface area (Å²) in [6.45, 7) is 2.22. The number of rotatable bonds is 17. The summed E-state index contributed by atoms with van der Waals surface area (Å²) in [4.78, 5) is 26.4. The molecule has 0 aliphatic rings. The van der Waals surface area contributed by atoms with Crippen LogP contribution in [0.4, 0.5) is 4.79 Å². The number of methoxy groups -OCH3 is 3. The number of carbonyl (C=O) groups excluding carboxylic acids is 2. The van der Waals surface area contributed by atoms with E-state index in [9.17, 15) is 14.7 Å². The molecule has 10 heteroatoms. The van der Waals surface area contributed by atoms with Gasteiger partial charge in [-0.15, -0.1) is 0 Å². The number of ether oxygens (including phenoxy) is 5. The summed E-state index contributed by atoms with van der Waals surface area (Å²) in [5.41, 5.74) is 1.93. The lowest BCUT2D eigenvalue weighted by Crippen LogP contribution is -2.22. The van der Waals surface area contributed by atoms with Crippen LogP contribution in [0.5, 0.6) is 34.5 Å². The molecule has 3 aromatic rings. The van der Waals surface area contributed by atoms with Crippen LogP contribution in [-0.2, 0) is 6.54 Å². The molecule has 0 saturated carbocycles. The summed E-state index contributed by atoms with van der Waals surface area (Å²) in [6.07, 6.45) is 6.51. The lowest BCUT2D eigenvalue weighted by molar-refractivity contribution is 0.104. The molecule has 0 bridgehead atoms. The number of hydrogen-bond donors (Lipinski definition) is 2. The zero-order valence-electron chi connectivity index (χ0n) is 26.1. The molecule has 0 aliphatic carbocycles. The molecule has 1 amide bonds. The first-order valence-electron chi connectivity index (χ1n) is 14.4. The van der Waals surface area contributed by atoms with Gasteiger partial charge in [0.25, 0.3) is 0 Å². The zero-order chi connectivity index (χ0) is 31.9. The Balaban J connectivity index is 1.39. The molecule has 236 valence electrons. The maximum atomic E-state index is 12.8.